The van der Waals surface area contributed by atoms with E-state index in [1.54, 1.807) is 24.3 Å². The predicted octanol–water partition coefficient (Wildman–Crippen LogP) is 3.99. The Morgan fingerprint density at radius 2 is 1.82 bits per heavy atom. The van der Waals surface area contributed by atoms with Crippen molar-refractivity contribution in [3.8, 4) is 16.9 Å². The molecule has 7 nitrogen and oxygen atoms in total. The third-order valence-electron chi connectivity index (χ3n) is 5.44. The molecule has 2 aromatic carbocycles. The molecule has 4 rings (SSSR count). The summed E-state index contributed by atoms with van der Waals surface area (Å²) in [6.45, 7) is 0.728. The SMILES string of the molecule is O=C(NC(CO)C1CCOC1)c1cc(-c2ccc(Cl)cc2)nn(-c2cc(Cl)cc(Cl)c2)c1=O. The Kier molecular flexibility index (Phi) is 7.36. The van der Waals surface area contributed by atoms with E-state index in [0.717, 1.165) is 4.68 Å². The fourth-order valence-electron chi connectivity index (χ4n) is 3.68. The van der Waals surface area contributed by atoms with Gasteiger partial charge in [-0.15, -0.1) is 0 Å². The standard InChI is InChI=1S/C23H20Cl3N3O4/c24-15-3-1-13(2-4-15)20-10-19(22(31)27-21(11-30)14-5-6-33-12-14)23(32)29(28-20)18-8-16(25)7-17(26)9-18/h1-4,7-10,14,21,30H,5-6,11-12H2,(H,27,31). The van der Waals surface area contributed by atoms with E-state index in [2.05, 4.69) is 10.4 Å². The van der Waals surface area contributed by atoms with E-state index in [1.165, 1.54) is 24.3 Å². The van der Waals surface area contributed by atoms with Gasteiger partial charge in [-0.25, -0.2) is 0 Å². The summed E-state index contributed by atoms with van der Waals surface area (Å²) in [5, 5.41) is 18.2. The lowest BCUT2D eigenvalue weighted by Gasteiger charge is -2.21. The topological polar surface area (TPSA) is 93.4 Å². The fourth-order valence-corrected chi connectivity index (χ4v) is 4.32. The van der Waals surface area contributed by atoms with Crippen molar-refractivity contribution in [2.45, 2.75) is 12.5 Å². The minimum Gasteiger partial charge on any atom is -0.394 e. The highest BCUT2D eigenvalue weighted by atomic mass is 35.5. The van der Waals surface area contributed by atoms with Crippen LogP contribution in [0.15, 0.2) is 53.3 Å². The second-order valence-corrected chi connectivity index (χ2v) is 8.99. The average Bonchev–Trinajstić information content (AvgIpc) is 3.32. The average molecular weight is 509 g/mol. The molecule has 1 saturated heterocycles. The molecule has 2 atom stereocenters. The number of rotatable bonds is 6. The van der Waals surface area contributed by atoms with Crippen LogP contribution >= 0.6 is 34.8 Å². The number of amides is 1. The molecule has 2 heterocycles. The highest BCUT2D eigenvalue weighted by Gasteiger charge is 2.28. The number of nitrogens with one attached hydrogen (secondary N) is 1. The molecule has 3 aromatic rings. The summed E-state index contributed by atoms with van der Waals surface area (Å²) in [5.74, 6) is -0.657. The zero-order chi connectivity index (χ0) is 23.5. The maximum absolute atomic E-state index is 13.3. The molecule has 0 aliphatic carbocycles. The minimum absolute atomic E-state index is 0.0366. The van der Waals surface area contributed by atoms with Crippen LogP contribution in [0.1, 0.15) is 16.8 Å². The van der Waals surface area contributed by atoms with Gasteiger partial charge in [0, 0.05) is 33.2 Å². The van der Waals surface area contributed by atoms with Gasteiger partial charge in [-0.3, -0.25) is 9.59 Å². The summed E-state index contributed by atoms with van der Waals surface area (Å²) in [5.41, 5.74) is 0.548. The van der Waals surface area contributed by atoms with Gasteiger partial charge in [0.15, 0.2) is 0 Å². The third kappa shape index (κ3) is 5.39. The third-order valence-corrected chi connectivity index (χ3v) is 6.12. The molecule has 1 aliphatic heterocycles. The van der Waals surface area contributed by atoms with Crippen molar-refractivity contribution < 1.29 is 14.6 Å². The number of carbonyl (C=O) groups excluding carboxylic acids is 1. The Morgan fingerprint density at radius 1 is 1.12 bits per heavy atom. The molecular formula is C23H20Cl3N3O4. The molecule has 10 heteroatoms. The van der Waals surface area contributed by atoms with Crippen LogP contribution in [0.5, 0.6) is 0 Å². The zero-order valence-corrected chi connectivity index (χ0v) is 19.6. The van der Waals surface area contributed by atoms with E-state index in [9.17, 15) is 14.7 Å². The second kappa shape index (κ2) is 10.2. The van der Waals surface area contributed by atoms with Gasteiger partial charge in [0.05, 0.1) is 30.6 Å². The maximum Gasteiger partial charge on any atom is 0.284 e. The number of hydrogen-bond donors (Lipinski definition) is 2. The highest BCUT2D eigenvalue weighted by Crippen LogP contribution is 2.24. The maximum atomic E-state index is 13.3. The quantitative estimate of drug-likeness (QED) is 0.525. The molecule has 2 N–H and O–H groups in total. The highest BCUT2D eigenvalue weighted by molar-refractivity contribution is 6.34. The Morgan fingerprint density at radius 3 is 2.42 bits per heavy atom. The molecule has 2 unspecified atom stereocenters. The minimum atomic E-state index is -0.650. The Labute approximate surface area is 204 Å². The van der Waals surface area contributed by atoms with Gasteiger partial charge in [-0.2, -0.15) is 9.78 Å². The van der Waals surface area contributed by atoms with E-state index in [-0.39, 0.29) is 18.1 Å². The lowest BCUT2D eigenvalue weighted by atomic mass is 9.99. The number of hydrogen-bond acceptors (Lipinski definition) is 5. The fraction of sp³-hybridized carbons (Fsp3) is 0.261. The van der Waals surface area contributed by atoms with Crippen LogP contribution in [0, 0.1) is 5.92 Å². The van der Waals surface area contributed by atoms with Gasteiger partial charge in [0.2, 0.25) is 0 Å². The van der Waals surface area contributed by atoms with E-state index < -0.39 is 17.5 Å². The van der Waals surface area contributed by atoms with Crippen molar-refractivity contribution in [2.24, 2.45) is 5.92 Å². The van der Waals surface area contributed by atoms with Gasteiger partial charge >= 0.3 is 0 Å². The number of benzene rings is 2. The van der Waals surface area contributed by atoms with Gasteiger partial charge in [0.25, 0.3) is 11.5 Å². The van der Waals surface area contributed by atoms with E-state index >= 15 is 0 Å². The summed E-state index contributed by atoms with van der Waals surface area (Å²) < 4.78 is 6.45. The van der Waals surface area contributed by atoms with Crippen LogP contribution in [-0.4, -0.2) is 46.7 Å². The van der Waals surface area contributed by atoms with Crippen molar-refractivity contribution in [1.82, 2.24) is 15.1 Å². The van der Waals surface area contributed by atoms with E-state index in [4.69, 9.17) is 39.5 Å². The summed E-state index contributed by atoms with van der Waals surface area (Å²) in [7, 11) is 0. The summed E-state index contributed by atoms with van der Waals surface area (Å²) in [4.78, 5) is 26.5. The summed E-state index contributed by atoms with van der Waals surface area (Å²) in [6, 6.07) is 12.3. The second-order valence-electron chi connectivity index (χ2n) is 7.68. The number of aliphatic hydroxyl groups excluding tert-OH is 1. The van der Waals surface area contributed by atoms with Crippen molar-refractivity contribution in [3.05, 3.63) is 79.5 Å². The first kappa shape index (κ1) is 23.7. The van der Waals surface area contributed by atoms with Gasteiger partial charge in [-0.1, -0.05) is 46.9 Å². The monoisotopic (exact) mass is 507 g/mol. The Hall–Kier alpha value is -2.42. The van der Waals surface area contributed by atoms with Gasteiger partial charge < -0.3 is 15.2 Å². The van der Waals surface area contributed by atoms with Gasteiger partial charge in [-0.05, 0) is 42.8 Å². The summed E-state index contributed by atoms with van der Waals surface area (Å²) in [6.07, 6.45) is 0.711. The van der Waals surface area contributed by atoms with Crippen LogP contribution < -0.4 is 10.9 Å². The molecule has 1 fully saturated rings. The molecule has 0 spiro atoms. The smallest absolute Gasteiger partial charge is 0.284 e. The van der Waals surface area contributed by atoms with Crippen LogP contribution in [0.2, 0.25) is 15.1 Å². The first-order chi connectivity index (χ1) is 15.9. The lowest BCUT2D eigenvalue weighted by Crippen LogP contribution is -2.45. The van der Waals surface area contributed by atoms with Crippen molar-refractivity contribution in [3.63, 3.8) is 0 Å². The summed E-state index contributed by atoms with van der Waals surface area (Å²) >= 11 is 18.3. The molecule has 1 aliphatic rings. The molecule has 0 saturated carbocycles. The van der Waals surface area contributed by atoms with Crippen LogP contribution in [-0.2, 0) is 4.74 Å². The lowest BCUT2D eigenvalue weighted by molar-refractivity contribution is 0.0875. The van der Waals surface area contributed by atoms with Crippen LogP contribution in [0.4, 0.5) is 0 Å². The van der Waals surface area contributed by atoms with E-state index in [0.29, 0.717) is 51.6 Å². The number of aromatic nitrogens is 2. The van der Waals surface area contributed by atoms with Crippen molar-refractivity contribution in [2.75, 3.05) is 19.8 Å². The van der Waals surface area contributed by atoms with Crippen LogP contribution in [0.3, 0.4) is 0 Å². The number of halogens is 3. The number of ether oxygens (including phenoxy) is 1. The largest absolute Gasteiger partial charge is 0.394 e. The molecule has 1 amide bonds. The first-order valence-corrected chi connectivity index (χ1v) is 11.4. The Bertz CT molecular complexity index is 1200. The molecule has 0 bridgehead atoms. The number of aliphatic hydroxyl groups is 1. The molecule has 33 heavy (non-hydrogen) atoms. The van der Waals surface area contributed by atoms with Gasteiger partial charge in [0.1, 0.15) is 5.56 Å². The molecular weight excluding hydrogens is 489 g/mol. The zero-order valence-electron chi connectivity index (χ0n) is 17.3. The molecule has 172 valence electrons. The molecule has 0 radical (unpaired) electrons. The number of nitrogens with zero attached hydrogens (tertiary/aromatic N) is 2. The first-order valence-electron chi connectivity index (χ1n) is 10.2. The number of carbonyl (C=O) groups is 1. The van der Waals surface area contributed by atoms with E-state index in [1.807, 2.05) is 0 Å². The predicted molar refractivity (Wildman–Crippen MR) is 128 cm³/mol. The Balaban J connectivity index is 1.81. The van der Waals surface area contributed by atoms with Crippen molar-refractivity contribution in [1.29, 1.82) is 0 Å². The molecule has 1 aromatic heterocycles. The normalized spacial score (nSPS) is 16.5. The van der Waals surface area contributed by atoms with Crippen LogP contribution in [0.25, 0.3) is 16.9 Å². The van der Waals surface area contributed by atoms with Crippen molar-refractivity contribution >= 4 is 40.7 Å².